The normalized spacial score (nSPS) is 11.9. The van der Waals surface area contributed by atoms with Crippen molar-refractivity contribution < 1.29 is 33.5 Å². The van der Waals surface area contributed by atoms with Crippen molar-refractivity contribution >= 4 is 35.1 Å². The predicted octanol–water partition coefficient (Wildman–Crippen LogP) is 2.72. The standard InChI is InChI=1S/C20H16N2O8/c1-12(23)15-8-17-18(30-11-29-17)9-16(15)21-19(24)10-28-20(25)6-5-13-3-2-4-14(7-13)22(26)27/h2-9H,10-11H2,1H3,(H,21,24)/b6-5+. The Morgan fingerprint density at radius 2 is 1.93 bits per heavy atom. The quantitative estimate of drug-likeness (QED) is 0.241. The monoisotopic (exact) mass is 412 g/mol. The van der Waals surface area contributed by atoms with E-state index in [-0.39, 0.29) is 29.5 Å². The van der Waals surface area contributed by atoms with E-state index < -0.39 is 23.4 Å². The number of rotatable bonds is 7. The van der Waals surface area contributed by atoms with Crippen LogP contribution in [0, 0.1) is 10.1 Å². The lowest BCUT2D eigenvalue weighted by Crippen LogP contribution is -2.21. The van der Waals surface area contributed by atoms with E-state index in [4.69, 9.17) is 14.2 Å². The molecule has 0 saturated heterocycles. The summed E-state index contributed by atoms with van der Waals surface area (Å²) in [7, 11) is 0. The molecule has 0 fully saturated rings. The molecule has 1 heterocycles. The van der Waals surface area contributed by atoms with Gasteiger partial charge >= 0.3 is 5.97 Å². The molecule has 1 N–H and O–H groups in total. The van der Waals surface area contributed by atoms with Gasteiger partial charge in [0.15, 0.2) is 23.9 Å². The van der Waals surface area contributed by atoms with Gasteiger partial charge in [-0.15, -0.1) is 0 Å². The average Bonchev–Trinajstić information content (AvgIpc) is 3.17. The average molecular weight is 412 g/mol. The molecule has 30 heavy (non-hydrogen) atoms. The first kappa shape index (κ1) is 20.5. The number of nitrogens with zero attached hydrogens (tertiary/aromatic N) is 1. The molecule has 1 aliphatic heterocycles. The van der Waals surface area contributed by atoms with Crippen molar-refractivity contribution in [2.75, 3.05) is 18.7 Å². The molecular formula is C20H16N2O8. The summed E-state index contributed by atoms with van der Waals surface area (Å²) in [6.07, 6.45) is 2.38. The summed E-state index contributed by atoms with van der Waals surface area (Å²) in [6, 6.07) is 8.60. The first-order chi connectivity index (χ1) is 14.3. The summed E-state index contributed by atoms with van der Waals surface area (Å²) in [5.41, 5.74) is 0.747. The number of nitro benzene ring substituents is 1. The van der Waals surface area contributed by atoms with Crippen molar-refractivity contribution in [3.63, 3.8) is 0 Å². The maximum atomic E-state index is 12.1. The van der Waals surface area contributed by atoms with E-state index in [0.29, 0.717) is 17.1 Å². The Morgan fingerprint density at radius 3 is 2.63 bits per heavy atom. The predicted molar refractivity (Wildman–Crippen MR) is 104 cm³/mol. The molecule has 0 spiro atoms. The van der Waals surface area contributed by atoms with Crippen LogP contribution in [0.5, 0.6) is 11.5 Å². The number of nitro groups is 1. The number of fused-ring (bicyclic) bond motifs is 1. The second-order valence-electron chi connectivity index (χ2n) is 6.15. The minimum Gasteiger partial charge on any atom is -0.454 e. The number of amides is 1. The lowest BCUT2D eigenvalue weighted by atomic mass is 10.1. The molecule has 10 nitrogen and oxygen atoms in total. The van der Waals surface area contributed by atoms with Crippen LogP contribution < -0.4 is 14.8 Å². The molecule has 0 bridgehead atoms. The van der Waals surface area contributed by atoms with E-state index >= 15 is 0 Å². The third kappa shape index (κ3) is 4.98. The summed E-state index contributed by atoms with van der Waals surface area (Å²) in [5.74, 6) is -0.980. The molecule has 0 aliphatic carbocycles. The molecule has 0 unspecified atom stereocenters. The van der Waals surface area contributed by atoms with Crippen LogP contribution in [0.4, 0.5) is 11.4 Å². The van der Waals surface area contributed by atoms with Crippen LogP contribution in [0.15, 0.2) is 42.5 Å². The molecule has 1 amide bonds. The molecule has 0 radical (unpaired) electrons. The van der Waals surface area contributed by atoms with Crippen LogP contribution in [-0.4, -0.2) is 36.0 Å². The van der Waals surface area contributed by atoms with Crippen LogP contribution in [0.3, 0.4) is 0 Å². The number of carbonyl (C=O) groups is 3. The lowest BCUT2D eigenvalue weighted by Gasteiger charge is -2.10. The van der Waals surface area contributed by atoms with Gasteiger partial charge in [-0.3, -0.25) is 19.7 Å². The molecule has 154 valence electrons. The number of hydrogen-bond donors (Lipinski definition) is 1. The minimum atomic E-state index is -0.811. The van der Waals surface area contributed by atoms with Gasteiger partial charge in [-0.2, -0.15) is 0 Å². The van der Waals surface area contributed by atoms with Crippen molar-refractivity contribution in [1.29, 1.82) is 0 Å². The number of anilines is 1. The van der Waals surface area contributed by atoms with Gasteiger partial charge in [-0.05, 0) is 24.6 Å². The Morgan fingerprint density at radius 1 is 1.20 bits per heavy atom. The summed E-state index contributed by atoms with van der Waals surface area (Å²) in [4.78, 5) is 45.9. The van der Waals surface area contributed by atoms with Crippen molar-refractivity contribution in [2.45, 2.75) is 6.92 Å². The largest absolute Gasteiger partial charge is 0.454 e. The number of nitrogens with one attached hydrogen (secondary N) is 1. The summed E-state index contributed by atoms with van der Waals surface area (Å²) in [5, 5.41) is 13.3. The highest BCUT2D eigenvalue weighted by Gasteiger charge is 2.20. The first-order valence-electron chi connectivity index (χ1n) is 8.67. The fraction of sp³-hybridized carbons (Fsp3) is 0.150. The van der Waals surface area contributed by atoms with E-state index in [0.717, 1.165) is 6.08 Å². The van der Waals surface area contributed by atoms with Crippen LogP contribution in [0.25, 0.3) is 6.08 Å². The Hall–Kier alpha value is -4.21. The van der Waals surface area contributed by atoms with Gasteiger partial charge in [-0.25, -0.2) is 4.79 Å². The highest BCUT2D eigenvalue weighted by atomic mass is 16.7. The molecular weight excluding hydrogens is 396 g/mol. The van der Waals surface area contributed by atoms with Crippen LogP contribution >= 0.6 is 0 Å². The second-order valence-corrected chi connectivity index (χ2v) is 6.15. The topological polar surface area (TPSA) is 134 Å². The van der Waals surface area contributed by atoms with Crippen LogP contribution in [0.2, 0.25) is 0 Å². The smallest absolute Gasteiger partial charge is 0.331 e. The molecule has 0 saturated carbocycles. The Bertz CT molecular complexity index is 1060. The minimum absolute atomic E-state index is 0.0125. The molecule has 3 rings (SSSR count). The molecule has 1 aliphatic rings. The first-order valence-corrected chi connectivity index (χ1v) is 8.67. The number of non-ortho nitro benzene ring substituents is 1. The van der Waals surface area contributed by atoms with Crippen molar-refractivity contribution in [3.8, 4) is 11.5 Å². The number of benzene rings is 2. The second kappa shape index (κ2) is 8.86. The molecule has 0 aromatic heterocycles. The zero-order valence-electron chi connectivity index (χ0n) is 15.7. The molecule has 2 aromatic rings. The number of ketones is 1. The van der Waals surface area contributed by atoms with E-state index in [1.807, 2.05) is 0 Å². The number of esters is 1. The fourth-order valence-electron chi connectivity index (χ4n) is 2.61. The van der Waals surface area contributed by atoms with E-state index in [1.165, 1.54) is 43.3 Å². The van der Waals surface area contributed by atoms with Crippen molar-refractivity contribution in [2.24, 2.45) is 0 Å². The Labute approximate surface area is 170 Å². The Balaban J connectivity index is 1.58. The zero-order valence-corrected chi connectivity index (χ0v) is 15.7. The highest BCUT2D eigenvalue weighted by molar-refractivity contribution is 6.05. The maximum absolute atomic E-state index is 12.1. The fourth-order valence-corrected chi connectivity index (χ4v) is 2.61. The van der Waals surface area contributed by atoms with E-state index in [1.54, 1.807) is 6.07 Å². The SMILES string of the molecule is CC(=O)c1cc2c(cc1NC(=O)COC(=O)/C=C/c1cccc([N+](=O)[O-])c1)OCO2. The van der Waals surface area contributed by atoms with Crippen LogP contribution in [-0.2, 0) is 14.3 Å². The third-order valence-corrected chi connectivity index (χ3v) is 4.00. The van der Waals surface area contributed by atoms with Gasteiger partial charge in [0.2, 0.25) is 6.79 Å². The third-order valence-electron chi connectivity index (χ3n) is 4.00. The van der Waals surface area contributed by atoms with Crippen molar-refractivity contribution in [3.05, 3.63) is 63.7 Å². The van der Waals surface area contributed by atoms with Gasteiger partial charge < -0.3 is 19.5 Å². The molecule has 2 aromatic carbocycles. The number of carbonyl (C=O) groups excluding carboxylic acids is 3. The number of ether oxygens (including phenoxy) is 3. The summed E-state index contributed by atoms with van der Waals surface area (Å²) < 4.78 is 15.3. The van der Waals surface area contributed by atoms with Gasteiger partial charge in [0.1, 0.15) is 0 Å². The molecule has 10 heteroatoms. The van der Waals surface area contributed by atoms with Crippen molar-refractivity contribution in [1.82, 2.24) is 0 Å². The molecule has 0 atom stereocenters. The van der Waals surface area contributed by atoms with Gasteiger partial charge in [0.05, 0.1) is 10.6 Å². The summed E-state index contributed by atoms with van der Waals surface area (Å²) in [6.45, 7) is 0.758. The number of hydrogen-bond acceptors (Lipinski definition) is 8. The zero-order chi connectivity index (χ0) is 21.7. The maximum Gasteiger partial charge on any atom is 0.331 e. The lowest BCUT2D eigenvalue weighted by molar-refractivity contribution is -0.384. The van der Waals surface area contributed by atoms with E-state index in [9.17, 15) is 24.5 Å². The van der Waals surface area contributed by atoms with Gasteiger partial charge in [-0.1, -0.05) is 12.1 Å². The Kier molecular flexibility index (Phi) is 6.06. The van der Waals surface area contributed by atoms with Gasteiger partial charge in [0.25, 0.3) is 11.6 Å². The highest BCUT2D eigenvalue weighted by Crippen LogP contribution is 2.37. The van der Waals surface area contributed by atoms with Crippen LogP contribution in [0.1, 0.15) is 22.8 Å². The summed E-state index contributed by atoms with van der Waals surface area (Å²) >= 11 is 0. The number of Topliss-reactive ketones (excluding diaryl/α,β-unsaturated/α-hetero) is 1. The van der Waals surface area contributed by atoms with Gasteiger partial charge in [0, 0.05) is 29.8 Å². The van der Waals surface area contributed by atoms with E-state index in [2.05, 4.69) is 5.32 Å².